The maximum absolute atomic E-state index is 12.7. The van der Waals surface area contributed by atoms with Crippen LogP contribution in [0.4, 0.5) is 0 Å². The van der Waals surface area contributed by atoms with E-state index in [0.717, 1.165) is 43.4 Å². The van der Waals surface area contributed by atoms with Gasteiger partial charge in [-0.15, -0.1) is 0 Å². The lowest BCUT2D eigenvalue weighted by Gasteiger charge is -2.24. The highest BCUT2D eigenvalue weighted by Crippen LogP contribution is 2.28. The van der Waals surface area contributed by atoms with Crippen molar-refractivity contribution in [1.29, 1.82) is 0 Å². The summed E-state index contributed by atoms with van der Waals surface area (Å²) in [6.07, 6.45) is 4.84. The molecule has 1 aliphatic heterocycles. The number of aliphatic hydroxyl groups is 1. The molecule has 2 atom stereocenters. The van der Waals surface area contributed by atoms with Crippen LogP contribution in [0.2, 0.25) is 0 Å². The molecule has 0 bridgehead atoms. The zero-order chi connectivity index (χ0) is 15.7. The number of likely N-dealkylation sites (tertiary alicyclic amines) is 1. The number of pyridine rings is 1. The third-order valence-corrected chi connectivity index (χ3v) is 4.96. The molecule has 0 spiro atoms. The first kappa shape index (κ1) is 15.3. The van der Waals surface area contributed by atoms with Crippen LogP contribution in [0.3, 0.4) is 0 Å². The second-order valence-electron chi connectivity index (χ2n) is 6.68. The second kappa shape index (κ2) is 6.24. The molecule has 0 aromatic carbocycles. The molecule has 2 aliphatic rings. The van der Waals surface area contributed by atoms with E-state index in [1.54, 1.807) is 11.0 Å². The molecule has 3 rings (SSSR count). The number of hydrogen-bond acceptors (Lipinski definition) is 3. The van der Waals surface area contributed by atoms with Crippen LogP contribution in [0.1, 0.15) is 66.7 Å². The lowest BCUT2D eigenvalue weighted by molar-refractivity contribution is 0.0757. The Balaban J connectivity index is 1.89. The molecule has 1 fully saturated rings. The predicted molar refractivity (Wildman–Crippen MR) is 83.9 cm³/mol. The summed E-state index contributed by atoms with van der Waals surface area (Å²) in [5, 5.41) is 10.1. The number of rotatable bonds is 1. The van der Waals surface area contributed by atoms with Gasteiger partial charge in [-0.3, -0.25) is 9.59 Å². The van der Waals surface area contributed by atoms with Gasteiger partial charge in [-0.2, -0.15) is 0 Å². The number of aromatic amines is 1. The van der Waals surface area contributed by atoms with Gasteiger partial charge in [0, 0.05) is 24.3 Å². The van der Waals surface area contributed by atoms with E-state index in [2.05, 4.69) is 11.9 Å². The van der Waals surface area contributed by atoms with Gasteiger partial charge in [0.05, 0.1) is 6.10 Å². The number of H-pyrrole nitrogens is 1. The molecule has 1 aliphatic carbocycles. The summed E-state index contributed by atoms with van der Waals surface area (Å²) >= 11 is 0. The van der Waals surface area contributed by atoms with Gasteiger partial charge in [-0.25, -0.2) is 0 Å². The average Bonchev–Trinajstić information content (AvgIpc) is 2.71. The van der Waals surface area contributed by atoms with Gasteiger partial charge in [0.1, 0.15) is 5.56 Å². The fourth-order valence-electron chi connectivity index (χ4n) is 3.51. The molecule has 2 N–H and O–H groups in total. The monoisotopic (exact) mass is 304 g/mol. The van der Waals surface area contributed by atoms with Gasteiger partial charge < -0.3 is 15.0 Å². The van der Waals surface area contributed by atoms with Crippen LogP contribution in [-0.4, -0.2) is 34.0 Å². The van der Waals surface area contributed by atoms with E-state index in [1.165, 1.54) is 0 Å². The molecule has 0 radical (unpaired) electrons. The Morgan fingerprint density at radius 3 is 2.91 bits per heavy atom. The molecule has 22 heavy (non-hydrogen) atoms. The molecule has 1 aromatic rings. The van der Waals surface area contributed by atoms with Gasteiger partial charge in [0.2, 0.25) is 0 Å². The summed E-state index contributed by atoms with van der Waals surface area (Å²) in [6.45, 7) is 3.62. The summed E-state index contributed by atoms with van der Waals surface area (Å²) < 4.78 is 0. The number of aromatic nitrogens is 1. The zero-order valence-corrected chi connectivity index (χ0v) is 13.1. The normalized spacial score (nSPS) is 25.5. The van der Waals surface area contributed by atoms with E-state index in [0.29, 0.717) is 25.4 Å². The van der Waals surface area contributed by atoms with Gasteiger partial charge in [0.15, 0.2) is 0 Å². The standard InChI is InChI=1S/C17H24N2O3/c1-11-4-3-8-19(9-7-11)17(22)13-10-12-14(18-16(13)21)5-2-6-15(12)20/h10-11,15,20H,2-9H2,1H3,(H,18,21). The molecule has 1 aromatic heterocycles. The number of amides is 1. The summed E-state index contributed by atoms with van der Waals surface area (Å²) in [6, 6.07) is 1.62. The molecule has 5 nitrogen and oxygen atoms in total. The summed E-state index contributed by atoms with van der Waals surface area (Å²) in [4.78, 5) is 29.5. The first-order valence-electron chi connectivity index (χ1n) is 8.29. The van der Waals surface area contributed by atoms with Crippen molar-refractivity contribution in [2.75, 3.05) is 13.1 Å². The van der Waals surface area contributed by atoms with Crippen molar-refractivity contribution in [1.82, 2.24) is 9.88 Å². The van der Waals surface area contributed by atoms with Gasteiger partial charge in [-0.05, 0) is 50.5 Å². The minimum atomic E-state index is -0.573. The van der Waals surface area contributed by atoms with Crippen LogP contribution in [0, 0.1) is 5.92 Å². The number of nitrogens with zero attached hydrogens (tertiary/aromatic N) is 1. The van der Waals surface area contributed by atoms with Crippen molar-refractivity contribution in [2.24, 2.45) is 5.92 Å². The lowest BCUT2D eigenvalue weighted by Crippen LogP contribution is -2.36. The summed E-state index contributed by atoms with van der Waals surface area (Å²) in [5.74, 6) is 0.428. The molecule has 5 heteroatoms. The minimum absolute atomic E-state index is 0.175. The molecule has 2 heterocycles. The third kappa shape index (κ3) is 2.95. The van der Waals surface area contributed by atoms with Crippen LogP contribution in [0.15, 0.2) is 10.9 Å². The Bertz CT molecular complexity index is 623. The van der Waals surface area contributed by atoms with E-state index in [1.807, 2.05) is 0 Å². The number of carbonyl (C=O) groups excluding carboxylic acids is 1. The maximum Gasteiger partial charge on any atom is 0.261 e. The smallest absolute Gasteiger partial charge is 0.261 e. The van der Waals surface area contributed by atoms with Crippen molar-refractivity contribution < 1.29 is 9.90 Å². The quantitative estimate of drug-likeness (QED) is 0.833. The number of aryl methyl sites for hydroxylation is 1. The van der Waals surface area contributed by atoms with Crippen LogP contribution in [-0.2, 0) is 6.42 Å². The van der Waals surface area contributed by atoms with Crippen LogP contribution in [0.5, 0.6) is 0 Å². The number of carbonyl (C=O) groups is 1. The molecule has 120 valence electrons. The lowest BCUT2D eigenvalue weighted by atomic mass is 9.92. The summed E-state index contributed by atoms with van der Waals surface area (Å²) in [5.41, 5.74) is 1.35. The van der Waals surface area contributed by atoms with Crippen molar-refractivity contribution in [3.05, 3.63) is 33.2 Å². The third-order valence-electron chi connectivity index (χ3n) is 4.96. The first-order chi connectivity index (χ1) is 10.6. The van der Waals surface area contributed by atoms with E-state index >= 15 is 0 Å². The van der Waals surface area contributed by atoms with Crippen molar-refractivity contribution >= 4 is 5.91 Å². The number of hydrogen-bond donors (Lipinski definition) is 2. The fourth-order valence-corrected chi connectivity index (χ4v) is 3.51. The first-order valence-corrected chi connectivity index (χ1v) is 8.29. The Kier molecular flexibility index (Phi) is 4.34. The highest BCUT2D eigenvalue weighted by Gasteiger charge is 2.26. The van der Waals surface area contributed by atoms with Crippen molar-refractivity contribution in [3.8, 4) is 0 Å². The van der Waals surface area contributed by atoms with Crippen molar-refractivity contribution in [3.63, 3.8) is 0 Å². The highest BCUT2D eigenvalue weighted by molar-refractivity contribution is 5.94. The Hall–Kier alpha value is -1.62. The van der Waals surface area contributed by atoms with Crippen LogP contribution < -0.4 is 5.56 Å². The number of fused-ring (bicyclic) bond motifs is 1. The molecule has 0 saturated carbocycles. The van der Waals surface area contributed by atoms with Gasteiger partial charge in [-0.1, -0.05) is 6.92 Å². The van der Waals surface area contributed by atoms with E-state index in [9.17, 15) is 14.7 Å². The van der Waals surface area contributed by atoms with Gasteiger partial charge in [0.25, 0.3) is 11.5 Å². The minimum Gasteiger partial charge on any atom is -0.388 e. The topological polar surface area (TPSA) is 73.4 Å². The number of nitrogens with one attached hydrogen (secondary N) is 1. The predicted octanol–water partition coefficient (Wildman–Crippen LogP) is 2.01. The second-order valence-corrected chi connectivity index (χ2v) is 6.68. The fraction of sp³-hybridized carbons (Fsp3) is 0.647. The average molecular weight is 304 g/mol. The van der Waals surface area contributed by atoms with Gasteiger partial charge >= 0.3 is 0 Å². The highest BCUT2D eigenvalue weighted by atomic mass is 16.3. The molecular formula is C17H24N2O3. The van der Waals surface area contributed by atoms with E-state index in [-0.39, 0.29) is 17.0 Å². The van der Waals surface area contributed by atoms with Crippen molar-refractivity contribution in [2.45, 2.75) is 51.6 Å². The molecule has 2 unspecified atom stereocenters. The Morgan fingerprint density at radius 2 is 2.09 bits per heavy atom. The van der Waals surface area contributed by atoms with E-state index < -0.39 is 6.10 Å². The summed E-state index contributed by atoms with van der Waals surface area (Å²) in [7, 11) is 0. The molecular weight excluding hydrogens is 280 g/mol. The molecule has 1 amide bonds. The SMILES string of the molecule is CC1CCCN(C(=O)c2cc3c([nH]c2=O)CCCC3O)CC1. The van der Waals surface area contributed by atoms with Crippen LogP contribution >= 0.6 is 0 Å². The zero-order valence-electron chi connectivity index (χ0n) is 13.1. The van der Waals surface area contributed by atoms with Crippen LogP contribution in [0.25, 0.3) is 0 Å². The maximum atomic E-state index is 12.7. The van der Waals surface area contributed by atoms with E-state index in [4.69, 9.17) is 0 Å². The Labute approximate surface area is 130 Å². The number of aliphatic hydroxyl groups excluding tert-OH is 1. The Morgan fingerprint density at radius 1 is 1.27 bits per heavy atom. The molecule has 1 saturated heterocycles. The largest absolute Gasteiger partial charge is 0.388 e.